The summed E-state index contributed by atoms with van der Waals surface area (Å²) in [6.45, 7) is 2.00. The second-order valence-corrected chi connectivity index (χ2v) is 6.06. The Labute approximate surface area is 154 Å². The van der Waals surface area contributed by atoms with E-state index in [1.165, 1.54) is 12.1 Å². The third-order valence-electron chi connectivity index (χ3n) is 4.10. The monoisotopic (exact) mass is 357 g/mol. The first-order chi connectivity index (χ1) is 13.1. The van der Waals surface area contributed by atoms with E-state index < -0.39 is 4.92 Å². The molecule has 0 aliphatic carbocycles. The highest BCUT2D eigenvalue weighted by Crippen LogP contribution is 2.32. The molecule has 0 bridgehead atoms. The average Bonchev–Trinajstić information content (AvgIpc) is 3.04. The number of nitro groups is 1. The van der Waals surface area contributed by atoms with Gasteiger partial charge in [0.2, 0.25) is 0 Å². The van der Waals surface area contributed by atoms with Crippen molar-refractivity contribution in [3.05, 3.63) is 88.6 Å². The first-order valence-electron chi connectivity index (χ1n) is 8.32. The summed E-state index contributed by atoms with van der Waals surface area (Å²) in [7, 11) is 0. The molecular formula is C20H15N5O2. The number of hydrogen-bond donors (Lipinski definition) is 0. The molecule has 132 valence electrons. The van der Waals surface area contributed by atoms with Gasteiger partial charge in [0.1, 0.15) is 11.3 Å². The molecule has 0 N–H and O–H groups in total. The molecule has 0 atom stereocenters. The molecule has 27 heavy (non-hydrogen) atoms. The summed E-state index contributed by atoms with van der Waals surface area (Å²) < 4.78 is 1.86. The largest absolute Gasteiger partial charge is 0.283 e. The van der Waals surface area contributed by atoms with Crippen molar-refractivity contribution in [3.63, 3.8) is 0 Å². The summed E-state index contributed by atoms with van der Waals surface area (Å²) in [5.41, 5.74) is 3.87. The summed E-state index contributed by atoms with van der Waals surface area (Å²) in [4.78, 5) is 15.2. The number of rotatable bonds is 4. The van der Waals surface area contributed by atoms with Crippen LogP contribution in [0.1, 0.15) is 5.56 Å². The van der Waals surface area contributed by atoms with Crippen molar-refractivity contribution < 1.29 is 4.92 Å². The number of benzene rings is 2. The predicted octanol–water partition coefficient (Wildman–Crippen LogP) is 5.63. The summed E-state index contributed by atoms with van der Waals surface area (Å²) in [5.74, 6) is 0.572. The van der Waals surface area contributed by atoms with E-state index in [9.17, 15) is 10.1 Å². The number of fused-ring (bicyclic) bond motifs is 1. The Morgan fingerprint density at radius 3 is 2.59 bits per heavy atom. The van der Waals surface area contributed by atoms with Crippen LogP contribution in [0, 0.1) is 17.0 Å². The lowest BCUT2D eigenvalue weighted by molar-refractivity contribution is -0.384. The molecule has 0 saturated heterocycles. The van der Waals surface area contributed by atoms with Gasteiger partial charge in [0.25, 0.3) is 5.69 Å². The van der Waals surface area contributed by atoms with Crippen LogP contribution in [-0.4, -0.2) is 14.3 Å². The highest BCUT2D eigenvalue weighted by Gasteiger charge is 2.14. The van der Waals surface area contributed by atoms with Gasteiger partial charge in [-0.2, -0.15) is 0 Å². The van der Waals surface area contributed by atoms with Crippen molar-refractivity contribution in [1.29, 1.82) is 0 Å². The first-order valence-corrected chi connectivity index (χ1v) is 8.32. The van der Waals surface area contributed by atoms with Gasteiger partial charge in [-0.1, -0.05) is 36.4 Å². The highest BCUT2D eigenvalue weighted by atomic mass is 16.6. The lowest BCUT2D eigenvalue weighted by Crippen LogP contribution is -1.86. The highest BCUT2D eigenvalue weighted by molar-refractivity contribution is 5.74. The lowest BCUT2D eigenvalue weighted by atomic mass is 10.1. The molecule has 2 heterocycles. The fourth-order valence-corrected chi connectivity index (χ4v) is 2.79. The summed E-state index contributed by atoms with van der Waals surface area (Å²) in [6, 6.07) is 19.7. The Bertz CT molecular complexity index is 1170. The number of imidazole rings is 1. The summed E-state index contributed by atoms with van der Waals surface area (Å²) in [6.07, 6.45) is 1.89. The van der Waals surface area contributed by atoms with Crippen molar-refractivity contribution in [3.8, 4) is 11.3 Å². The summed E-state index contributed by atoms with van der Waals surface area (Å²) in [5, 5.41) is 19.5. The van der Waals surface area contributed by atoms with E-state index in [0.717, 1.165) is 16.8 Å². The van der Waals surface area contributed by atoms with Gasteiger partial charge < -0.3 is 0 Å². The molecule has 2 aromatic heterocycles. The quantitative estimate of drug-likeness (QED) is 0.269. The number of pyridine rings is 1. The Kier molecular flexibility index (Phi) is 4.18. The van der Waals surface area contributed by atoms with E-state index in [4.69, 9.17) is 4.98 Å². The van der Waals surface area contributed by atoms with Crippen LogP contribution in [0.2, 0.25) is 0 Å². The Morgan fingerprint density at radius 2 is 1.81 bits per heavy atom. The zero-order valence-corrected chi connectivity index (χ0v) is 14.5. The Balaban J connectivity index is 1.85. The number of non-ortho nitro benzene ring substituents is 1. The third-order valence-corrected chi connectivity index (χ3v) is 4.10. The second kappa shape index (κ2) is 6.80. The van der Waals surface area contributed by atoms with E-state index >= 15 is 0 Å². The van der Waals surface area contributed by atoms with Crippen LogP contribution in [0.5, 0.6) is 0 Å². The minimum absolute atomic E-state index is 0.0245. The molecule has 0 saturated carbocycles. The molecule has 0 fully saturated rings. The van der Waals surface area contributed by atoms with Gasteiger partial charge in [-0.3, -0.25) is 14.5 Å². The molecule has 0 radical (unpaired) electrons. The van der Waals surface area contributed by atoms with Crippen molar-refractivity contribution >= 4 is 22.8 Å². The van der Waals surface area contributed by atoms with Crippen LogP contribution in [-0.2, 0) is 0 Å². The average molecular weight is 357 g/mol. The van der Waals surface area contributed by atoms with Crippen molar-refractivity contribution in [2.75, 3.05) is 0 Å². The Hall–Kier alpha value is -3.87. The van der Waals surface area contributed by atoms with Crippen molar-refractivity contribution in [2.24, 2.45) is 10.2 Å². The second-order valence-electron chi connectivity index (χ2n) is 6.06. The fourth-order valence-electron chi connectivity index (χ4n) is 2.79. The predicted molar refractivity (Wildman–Crippen MR) is 103 cm³/mol. The van der Waals surface area contributed by atoms with Gasteiger partial charge in [-0.15, -0.1) is 10.2 Å². The van der Waals surface area contributed by atoms with Gasteiger partial charge in [0.05, 0.1) is 10.6 Å². The van der Waals surface area contributed by atoms with Crippen molar-refractivity contribution in [1.82, 2.24) is 9.38 Å². The maximum atomic E-state index is 11.0. The van der Waals surface area contributed by atoms with Gasteiger partial charge >= 0.3 is 0 Å². The molecule has 4 rings (SSSR count). The van der Waals surface area contributed by atoms with E-state index in [0.29, 0.717) is 17.2 Å². The molecule has 7 heteroatoms. The van der Waals surface area contributed by atoms with E-state index in [1.807, 2.05) is 60.0 Å². The zero-order chi connectivity index (χ0) is 18.8. The number of aryl methyl sites for hydroxylation is 1. The van der Waals surface area contributed by atoms with Gasteiger partial charge in [0, 0.05) is 23.9 Å². The first kappa shape index (κ1) is 16.6. The van der Waals surface area contributed by atoms with Gasteiger partial charge in [0.15, 0.2) is 5.82 Å². The van der Waals surface area contributed by atoms with Crippen LogP contribution >= 0.6 is 0 Å². The minimum Gasteiger partial charge on any atom is -0.283 e. The zero-order valence-electron chi connectivity index (χ0n) is 14.5. The standard InChI is InChI=1S/C20H15N5O2/c1-14-10-11-24-18(12-14)21-19(15-6-3-2-4-7-15)20(24)23-22-16-8-5-9-17(13-16)25(26)27/h2-13H,1H3. The third kappa shape index (κ3) is 3.30. The van der Waals surface area contributed by atoms with Crippen LogP contribution in [0.4, 0.5) is 17.2 Å². The van der Waals surface area contributed by atoms with Crippen LogP contribution in [0.3, 0.4) is 0 Å². The van der Waals surface area contributed by atoms with Gasteiger partial charge in [-0.05, 0) is 30.7 Å². The van der Waals surface area contributed by atoms with Crippen LogP contribution in [0.25, 0.3) is 16.9 Å². The lowest BCUT2D eigenvalue weighted by Gasteiger charge is -2.00. The summed E-state index contributed by atoms with van der Waals surface area (Å²) >= 11 is 0. The van der Waals surface area contributed by atoms with E-state index in [-0.39, 0.29) is 5.69 Å². The molecule has 7 nitrogen and oxygen atoms in total. The molecular weight excluding hydrogens is 342 g/mol. The molecule has 2 aromatic carbocycles. The van der Waals surface area contributed by atoms with Gasteiger partial charge in [-0.25, -0.2) is 4.98 Å². The Morgan fingerprint density at radius 1 is 1.00 bits per heavy atom. The fraction of sp³-hybridized carbons (Fsp3) is 0.0500. The number of nitro benzene ring substituents is 1. The van der Waals surface area contributed by atoms with E-state index in [2.05, 4.69) is 10.2 Å². The molecule has 0 unspecified atom stereocenters. The maximum absolute atomic E-state index is 11.0. The number of hydrogen-bond acceptors (Lipinski definition) is 5. The molecule has 0 aliphatic rings. The number of aromatic nitrogens is 2. The smallest absolute Gasteiger partial charge is 0.271 e. The number of azo groups is 1. The molecule has 0 spiro atoms. The minimum atomic E-state index is -0.453. The van der Waals surface area contributed by atoms with E-state index in [1.54, 1.807) is 12.1 Å². The number of nitrogens with zero attached hydrogens (tertiary/aromatic N) is 5. The topological polar surface area (TPSA) is 85.2 Å². The van der Waals surface area contributed by atoms with Crippen molar-refractivity contribution in [2.45, 2.75) is 6.92 Å². The molecule has 0 aliphatic heterocycles. The normalized spacial score (nSPS) is 11.3. The molecule has 4 aromatic rings. The molecule has 0 amide bonds. The van der Waals surface area contributed by atoms with Crippen LogP contribution in [0.15, 0.2) is 83.2 Å². The SMILES string of the molecule is Cc1ccn2c(N=Nc3cccc([N+](=O)[O-])c3)c(-c3ccccc3)nc2c1. The maximum Gasteiger partial charge on any atom is 0.271 e. The van der Waals surface area contributed by atoms with Crippen LogP contribution < -0.4 is 0 Å².